The minimum Gasteiger partial charge on any atom is -0.493 e. The minimum absolute atomic E-state index is 0.0863. The van der Waals surface area contributed by atoms with Crippen LogP contribution in [0.4, 0.5) is 0 Å². The standard InChI is InChI=1S/C19H16N4O5S/c1-26-13-8-10(9-14(27-2)15(13)28-3)16-20-21-19(29)22(16)23-17(24)11-6-4-5-7-12(11)18(23)25/h4-9H,1-3H3,(H,21,29). The number of amides is 2. The van der Waals surface area contributed by atoms with Crippen molar-refractivity contribution in [3.8, 4) is 28.6 Å². The Bertz CT molecular complexity index is 1140. The Morgan fingerprint density at radius 2 is 1.48 bits per heavy atom. The van der Waals surface area contributed by atoms with Gasteiger partial charge in [0.2, 0.25) is 10.5 Å². The summed E-state index contributed by atoms with van der Waals surface area (Å²) in [6, 6.07) is 9.89. The quantitative estimate of drug-likeness (QED) is 0.508. The number of ether oxygens (including phenoxy) is 3. The molecule has 0 aliphatic carbocycles. The van der Waals surface area contributed by atoms with E-state index in [4.69, 9.17) is 26.4 Å². The van der Waals surface area contributed by atoms with Gasteiger partial charge >= 0.3 is 0 Å². The van der Waals surface area contributed by atoms with E-state index in [1.165, 1.54) is 26.0 Å². The lowest BCUT2D eigenvalue weighted by molar-refractivity contribution is 0.0886. The highest BCUT2D eigenvalue weighted by molar-refractivity contribution is 7.71. The monoisotopic (exact) mass is 412 g/mol. The van der Waals surface area contributed by atoms with E-state index >= 15 is 0 Å². The zero-order valence-corrected chi connectivity index (χ0v) is 16.6. The number of benzene rings is 2. The summed E-state index contributed by atoms with van der Waals surface area (Å²) < 4.78 is 17.4. The van der Waals surface area contributed by atoms with E-state index in [0.29, 0.717) is 33.9 Å². The first-order valence-corrected chi connectivity index (χ1v) is 8.88. The lowest BCUT2D eigenvalue weighted by Crippen LogP contribution is -2.40. The first-order valence-electron chi connectivity index (χ1n) is 8.47. The van der Waals surface area contributed by atoms with Crippen LogP contribution in [0.1, 0.15) is 20.7 Å². The highest BCUT2D eigenvalue weighted by atomic mass is 32.1. The number of rotatable bonds is 5. The molecule has 0 fully saturated rings. The van der Waals surface area contributed by atoms with Crippen molar-refractivity contribution in [1.29, 1.82) is 0 Å². The number of nitrogens with zero attached hydrogens (tertiary/aromatic N) is 3. The molecule has 1 aliphatic heterocycles. The normalized spacial score (nSPS) is 12.9. The Labute approximate surface area is 170 Å². The third-order valence-electron chi connectivity index (χ3n) is 4.55. The molecule has 0 saturated heterocycles. The summed E-state index contributed by atoms with van der Waals surface area (Å²) in [4.78, 5) is 25.8. The summed E-state index contributed by atoms with van der Waals surface area (Å²) in [7, 11) is 4.47. The lowest BCUT2D eigenvalue weighted by atomic mass is 10.1. The number of carbonyl (C=O) groups excluding carboxylic acids is 2. The van der Waals surface area contributed by atoms with Crippen LogP contribution in [-0.4, -0.2) is 48.0 Å². The molecule has 0 radical (unpaired) electrons. The smallest absolute Gasteiger partial charge is 0.281 e. The third kappa shape index (κ3) is 2.76. The fraction of sp³-hybridized carbons (Fsp3) is 0.158. The van der Waals surface area contributed by atoms with Crippen LogP contribution in [-0.2, 0) is 0 Å². The van der Waals surface area contributed by atoms with Gasteiger partial charge in [0, 0.05) is 5.56 Å². The van der Waals surface area contributed by atoms with Gasteiger partial charge in [-0.2, -0.15) is 14.8 Å². The summed E-state index contributed by atoms with van der Waals surface area (Å²) >= 11 is 5.31. The number of hydrogen-bond donors (Lipinski definition) is 1. The predicted molar refractivity (Wildman–Crippen MR) is 106 cm³/mol. The highest BCUT2D eigenvalue weighted by Crippen LogP contribution is 2.41. The van der Waals surface area contributed by atoms with E-state index in [9.17, 15) is 9.59 Å². The summed E-state index contributed by atoms with van der Waals surface area (Å²) in [5.74, 6) is 0.451. The summed E-state index contributed by atoms with van der Waals surface area (Å²) in [6.07, 6.45) is 0. The molecule has 0 saturated carbocycles. The van der Waals surface area contributed by atoms with Crippen LogP contribution in [0.15, 0.2) is 36.4 Å². The molecule has 4 rings (SSSR count). The lowest BCUT2D eigenvalue weighted by Gasteiger charge is -2.18. The van der Waals surface area contributed by atoms with Gasteiger partial charge in [-0.1, -0.05) is 12.1 Å². The van der Waals surface area contributed by atoms with Crippen molar-refractivity contribution in [2.75, 3.05) is 26.3 Å². The fourth-order valence-corrected chi connectivity index (χ4v) is 3.45. The second-order valence-corrected chi connectivity index (χ2v) is 6.43. The van der Waals surface area contributed by atoms with Crippen LogP contribution in [0, 0.1) is 4.77 Å². The maximum Gasteiger partial charge on any atom is 0.281 e. The number of fused-ring (bicyclic) bond motifs is 1. The Hall–Kier alpha value is -3.66. The molecule has 2 heterocycles. The molecule has 2 amide bonds. The van der Waals surface area contributed by atoms with E-state index in [1.807, 2.05) is 0 Å². The van der Waals surface area contributed by atoms with Gasteiger partial charge in [0.05, 0.1) is 32.5 Å². The van der Waals surface area contributed by atoms with Crippen LogP contribution in [0.5, 0.6) is 17.2 Å². The van der Waals surface area contributed by atoms with E-state index < -0.39 is 11.8 Å². The van der Waals surface area contributed by atoms with E-state index in [-0.39, 0.29) is 10.6 Å². The van der Waals surface area contributed by atoms with E-state index in [2.05, 4.69) is 10.2 Å². The van der Waals surface area contributed by atoms with Crippen molar-refractivity contribution in [2.24, 2.45) is 0 Å². The van der Waals surface area contributed by atoms with Gasteiger partial charge in [-0.15, -0.1) is 0 Å². The molecule has 9 nitrogen and oxygen atoms in total. The Morgan fingerprint density at radius 1 is 0.931 bits per heavy atom. The van der Waals surface area contributed by atoms with Crippen LogP contribution in [0.2, 0.25) is 0 Å². The molecule has 29 heavy (non-hydrogen) atoms. The zero-order valence-electron chi connectivity index (χ0n) is 15.8. The largest absolute Gasteiger partial charge is 0.493 e. The van der Waals surface area contributed by atoms with Crippen molar-refractivity contribution < 1.29 is 23.8 Å². The number of methoxy groups -OCH3 is 3. The van der Waals surface area contributed by atoms with Crippen molar-refractivity contribution >= 4 is 24.0 Å². The highest BCUT2D eigenvalue weighted by Gasteiger charge is 2.38. The van der Waals surface area contributed by atoms with Crippen molar-refractivity contribution in [1.82, 2.24) is 14.9 Å². The molecule has 148 valence electrons. The number of aromatic amines is 1. The van der Waals surface area contributed by atoms with E-state index in [1.54, 1.807) is 36.4 Å². The van der Waals surface area contributed by atoms with Gasteiger partial charge in [-0.3, -0.25) is 9.59 Å². The number of nitrogens with one attached hydrogen (secondary N) is 1. The number of aromatic nitrogens is 3. The first kappa shape index (κ1) is 18.7. The van der Waals surface area contributed by atoms with Gasteiger partial charge in [0.15, 0.2) is 17.3 Å². The SMILES string of the molecule is COc1cc(-c2n[nH]c(=S)n2N2C(=O)c3ccccc3C2=O)cc(OC)c1OC. The Morgan fingerprint density at radius 3 is 1.97 bits per heavy atom. The van der Waals surface area contributed by atoms with Gasteiger partial charge in [-0.05, 0) is 36.5 Å². The van der Waals surface area contributed by atoms with Crippen molar-refractivity contribution in [3.05, 3.63) is 52.3 Å². The molecule has 1 aliphatic rings. The molecule has 0 bridgehead atoms. The fourth-order valence-electron chi connectivity index (χ4n) is 3.23. The molecule has 0 unspecified atom stereocenters. The van der Waals surface area contributed by atoms with Gasteiger partial charge in [0.1, 0.15) is 0 Å². The summed E-state index contributed by atoms with van der Waals surface area (Å²) in [5, 5.41) is 7.82. The van der Waals surface area contributed by atoms with Crippen LogP contribution < -0.4 is 19.2 Å². The van der Waals surface area contributed by atoms with Crippen LogP contribution in [0.3, 0.4) is 0 Å². The number of H-pyrrole nitrogens is 1. The van der Waals surface area contributed by atoms with Crippen molar-refractivity contribution in [3.63, 3.8) is 0 Å². The third-order valence-corrected chi connectivity index (χ3v) is 4.81. The topological polar surface area (TPSA) is 98.7 Å². The first-order chi connectivity index (χ1) is 14.0. The van der Waals surface area contributed by atoms with Gasteiger partial charge in [0.25, 0.3) is 11.8 Å². The maximum atomic E-state index is 12.9. The molecule has 0 spiro atoms. The van der Waals surface area contributed by atoms with Crippen LogP contribution >= 0.6 is 12.2 Å². The number of hydrogen-bond acceptors (Lipinski definition) is 7. The average molecular weight is 412 g/mol. The number of carbonyl (C=O) groups is 2. The Balaban J connectivity index is 1.90. The Kier molecular flexibility index (Phi) is 4.55. The molecular weight excluding hydrogens is 396 g/mol. The minimum atomic E-state index is -0.489. The van der Waals surface area contributed by atoms with Crippen molar-refractivity contribution in [2.45, 2.75) is 0 Å². The maximum absolute atomic E-state index is 12.9. The summed E-state index contributed by atoms with van der Waals surface area (Å²) in [5.41, 5.74) is 1.11. The molecule has 1 aromatic heterocycles. The molecule has 2 aromatic carbocycles. The predicted octanol–water partition coefficient (Wildman–Crippen LogP) is 2.57. The number of imide groups is 1. The molecule has 0 atom stereocenters. The molecule has 10 heteroatoms. The molecule has 3 aromatic rings. The van der Waals surface area contributed by atoms with E-state index in [0.717, 1.165) is 5.01 Å². The zero-order chi connectivity index (χ0) is 20.7. The average Bonchev–Trinajstić information content (AvgIpc) is 3.24. The van der Waals surface area contributed by atoms with Gasteiger partial charge in [-0.25, -0.2) is 5.10 Å². The molecule has 1 N–H and O–H groups in total. The second kappa shape index (κ2) is 7.06. The second-order valence-electron chi connectivity index (χ2n) is 6.05. The van der Waals surface area contributed by atoms with Gasteiger partial charge < -0.3 is 14.2 Å². The molecular formula is C19H16N4O5S. The summed E-state index contributed by atoms with van der Waals surface area (Å²) in [6.45, 7) is 0. The van der Waals surface area contributed by atoms with Crippen LogP contribution in [0.25, 0.3) is 11.4 Å².